The van der Waals surface area contributed by atoms with E-state index in [9.17, 15) is 4.79 Å². The van der Waals surface area contributed by atoms with Crippen molar-refractivity contribution >= 4 is 11.9 Å². The number of methoxy groups -OCH3 is 1. The zero-order valence-corrected chi connectivity index (χ0v) is 20.4. The molecule has 0 aromatic heterocycles. The predicted octanol–water partition coefficient (Wildman–Crippen LogP) is 1.96. The molecule has 180 valence electrons. The highest BCUT2D eigenvalue weighted by molar-refractivity contribution is 5.86. The van der Waals surface area contributed by atoms with Crippen molar-refractivity contribution in [1.29, 1.82) is 0 Å². The van der Waals surface area contributed by atoms with Crippen molar-refractivity contribution in [2.24, 2.45) is 10.9 Å². The molecule has 1 aliphatic heterocycles. The molecule has 0 aliphatic carbocycles. The van der Waals surface area contributed by atoms with Crippen LogP contribution in [0.5, 0.6) is 5.75 Å². The quantitative estimate of drug-likeness (QED) is 0.399. The van der Waals surface area contributed by atoms with Gasteiger partial charge in [-0.1, -0.05) is 38.8 Å². The van der Waals surface area contributed by atoms with Crippen molar-refractivity contribution in [3.63, 3.8) is 0 Å². The van der Waals surface area contributed by atoms with Crippen molar-refractivity contribution in [2.45, 2.75) is 39.3 Å². The number of benzene rings is 1. The Balaban J connectivity index is 2.10. The van der Waals surface area contributed by atoms with Crippen LogP contribution in [0.3, 0.4) is 0 Å². The first-order chi connectivity index (χ1) is 15.5. The first-order valence-electron chi connectivity index (χ1n) is 11.7. The summed E-state index contributed by atoms with van der Waals surface area (Å²) in [6.07, 6.45) is 2.26. The summed E-state index contributed by atoms with van der Waals surface area (Å²) in [6.45, 7) is 9.48. The van der Waals surface area contributed by atoms with Gasteiger partial charge in [0.15, 0.2) is 5.96 Å². The molecule has 1 heterocycles. The zero-order valence-electron chi connectivity index (χ0n) is 20.4. The molecular weight excluding hydrogens is 406 g/mol. The summed E-state index contributed by atoms with van der Waals surface area (Å²) in [5.74, 6) is 2.07. The maximum absolute atomic E-state index is 12.1. The second-order valence-corrected chi connectivity index (χ2v) is 8.33. The molecule has 0 spiro atoms. The SMILES string of the molecule is CCC(CC)C(CNC(=NCc1ccc(OC)cc1)NCC(=O)N(C)C)N1CCOCC1. The standard InChI is InChI=1S/C24H41N5O3/c1-6-20(7-2)22(29-12-14-32-15-13-29)17-26-24(27-18-23(30)28(3)4)25-16-19-8-10-21(31-5)11-9-19/h8-11,20,22H,6-7,12-18H2,1-5H3,(H2,25,26,27). The molecule has 2 rings (SSSR count). The summed E-state index contributed by atoms with van der Waals surface area (Å²) in [5, 5.41) is 6.72. The summed E-state index contributed by atoms with van der Waals surface area (Å²) in [7, 11) is 5.17. The lowest BCUT2D eigenvalue weighted by atomic mass is 9.92. The normalized spacial score (nSPS) is 16.0. The van der Waals surface area contributed by atoms with Crippen LogP contribution in [0.1, 0.15) is 32.3 Å². The van der Waals surface area contributed by atoms with Gasteiger partial charge in [-0.15, -0.1) is 0 Å². The minimum absolute atomic E-state index is 0.00803. The molecule has 0 saturated carbocycles. The van der Waals surface area contributed by atoms with Crippen LogP contribution < -0.4 is 15.4 Å². The third kappa shape index (κ3) is 8.31. The van der Waals surface area contributed by atoms with Crippen LogP contribution in [-0.4, -0.2) is 88.3 Å². The smallest absolute Gasteiger partial charge is 0.241 e. The third-order valence-electron chi connectivity index (χ3n) is 6.07. The molecule has 1 aliphatic rings. The van der Waals surface area contributed by atoms with E-state index in [-0.39, 0.29) is 12.5 Å². The number of carbonyl (C=O) groups excluding carboxylic acids is 1. The summed E-state index contributed by atoms with van der Waals surface area (Å²) < 4.78 is 10.8. The summed E-state index contributed by atoms with van der Waals surface area (Å²) in [5.41, 5.74) is 1.08. The van der Waals surface area contributed by atoms with Crippen molar-refractivity contribution in [1.82, 2.24) is 20.4 Å². The maximum atomic E-state index is 12.1. The number of hydrogen-bond donors (Lipinski definition) is 2. The zero-order chi connectivity index (χ0) is 23.3. The molecule has 1 fully saturated rings. The number of aliphatic imine (C=N–C) groups is 1. The van der Waals surface area contributed by atoms with Gasteiger partial charge in [0, 0.05) is 39.8 Å². The van der Waals surface area contributed by atoms with Gasteiger partial charge in [-0.3, -0.25) is 9.69 Å². The first kappa shape index (κ1) is 25.9. The Labute approximate surface area is 193 Å². The van der Waals surface area contributed by atoms with Crippen LogP contribution in [0.2, 0.25) is 0 Å². The Hall–Kier alpha value is -2.32. The van der Waals surface area contributed by atoms with Crippen LogP contribution in [0.15, 0.2) is 29.3 Å². The molecule has 1 aromatic rings. The van der Waals surface area contributed by atoms with Gasteiger partial charge in [0.05, 0.1) is 33.4 Å². The van der Waals surface area contributed by atoms with Gasteiger partial charge in [0.1, 0.15) is 5.75 Å². The number of hydrogen-bond acceptors (Lipinski definition) is 5. The molecule has 1 atom stereocenters. The van der Waals surface area contributed by atoms with Gasteiger partial charge in [0.2, 0.25) is 5.91 Å². The van der Waals surface area contributed by atoms with Gasteiger partial charge < -0.3 is 25.0 Å². The van der Waals surface area contributed by atoms with Crippen molar-refractivity contribution in [3.05, 3.63) is 29.8 Å². The summed E-state index contributed by atoms with van der Waals surface area (Å²) >= 11 is 0. The largest absolute Gasteiger partial charge is 0.497 e. The number of morpholine rings is 1. The Morgan fingerprint density at radius 1 is 1.16 bits per heavy atom. The highest BCUT2D eigenvalue weighted by Gasteiger charge is 2.27. The minimum atomic E-state index is 0.00803. The van der Waals surface area contributed by atoms with Crippen molar-refractivity contribution in [2.75, 3.05) is 60.6 Å². The van der Waals surface area contributed by atoms with Crippen LogP contribution in [0.4, 0.5) is 0 Å². The first-order valence-corrected chi connectivity index (χ1v) is 11.7. The van der Waals surface area contributed by atoms with Crippen LogP contribution in [0.25, 0.3) is 0 Å². The van der Waals surface area contributed by atoms with E-state index in [2.05, 4.69) is 29.4 Å². The number of likely N-dealkylation sites (N-methyl/N-ethyl adjacent to an activating group) is 1. The number of ether oxygens (including phenoxy) is 2. The van der Waals surface area contributed by atoms with Gasteiger partial charge in [-0.05, 0) is 23.6 Å². The van der Waals surface area contributed by atoms with E-state index in [1.54, 1.807) is 26.1 Å². The Morgan fingerprint density at radius 3 is 2.38 bits per heavy atom. The minimum Gasteiger partial charge on any atom is -0.497 e. The summed E-state index contributed by atoms with van der Waals surface area (Å²) in [6, 6.07) is 8.27. The molecule has 1 saturated heterocycles. The lowest BCUT2D eigenvalue weighted by Gasteiger charge is -2.39. The number of nitrogens with zero attached hydrogens (tertiary/aromatic N) is 3. The highest BCUT2D eigenvalue weighted by atomic mass is 16.5. The van der Waals surface area contributed by atoms with E-state index in [1.807, 2.05) is 24.3 Å². The van der Waals surface area contributed by atoms with Crippen molar-refractivity contribution < 1.29 is 14.3 Å². The fourth-order valence-corrected chi connectivity index (χ4v) is 3.93. The van der Waals surface area contributed by atoms with E-state index in [0.717, 1.165) is 57.0 Å². The summed E-state index contributed by atoms with van der Waals surface area (Å²) in [4.78, 5) is 21.0. The maximum Gasteiger partial charge on any atom is 0.241 e. The van der Waals surface area contributed by atoms with E-state index in [4.69, 9.17) is 14.5 Å². The average Bonchev–Trinajstić information content (AvgIpc) is 2.83. The van der Waals surface area contributed by atoms with Gasteiger partial charge in [0.25, 0.3) is 0 Å². The number of guanidine groups is 1. The molecule has 1 amide bonds. The number of nitrogens with one attached hydrogen (secondary N) is 2. The molecule has 0 bridgehead atoms. The number of rotatable bonds is 11. The average molecular weight is 448 g/mol. The highest BCUT2D eigenvalue weighted by Crippen LogP contribution is 2.19. The second-order valence-electron chi connectivity index (χ2n) is 8.33. The number of amides is 1. The fourth-order valence-electron chi connectivity index (χ4n) is 3.93. The Bertz CT molecular complexity index is 698. The lowest BCUT2D eigenvalue weighted by Crippen LogP contribution is -2.54. The molecule has 32 heavy (non-hydrogen) atoms. The number of carbonyl (C=O) groups is 1. The van der Waals surface area contributed by atoms with E-state index >= 15 is 0 Å². The molecule has 2 N–H and O–H groups in total. The van der Waals surface area contributed by atoms with Gasteiger partial charge in [-0.2, -0.15) is 0 Å². The Morgan fingerprint density at radius 2 is 1.81 bits per heavy atom. The fraction of sp³-hybridized carbons (Fsp3) is 0.667. The molecule has 8 heteroatoms. The lowest BCUT2D eigenvalue weighted by molar-refractivity contribution is -0.127. The van der Waals surface area contributed by atoms with Crippen LogP contribution >= 0.6 is 0 Å². The third-order valence-corrected chi connectivity index (χ3v) is 6.07. The van der Waals surface area contributed by atoms with Crippen molar-refractivity contribution in [3.8, 4) is 5.75 Å². The molecular formula is C24H41N5O3. The molecule has 8 nitrogen and oxygen atoms in total. The Kier molecular flexibility index (Phi) is 11.3. The molecule has 0 radical (unpaired) electrons. The topological polar surface area (TPSA) is 78.4 Å². The van der Waals surface area contributed by atoms with E-state index in [0.29, 0.717) is 24.5 Å². The molecule has 1 unspecified atom stereocenters. The predicted molar refractivity (Wildman–Crippen MR) is 129 cm³/mol. The van der Waals surface area contributed by atoms with Crippen LogP contribution in [0, 0.1) is 5.92 Å². The van der Waals surface area contributed by atoms with Crippen LogP contribution in [-0.2, 0) is 16.1 Å². The van der Waals surface area contributed by atoms with E-state index in [1.165, 1.54) is 0 Å². The molecule has 1 aromatic carbocycles. The van der Waals surface area contributed by atoms with E-state index < -0.39 is 0 Å². The van der Waals surface area contributed by atoms with Gasteiger partial charge in [-0.25, -0.2) is 4.99 Å². The monoisotopic (exact) mass is 447 g/mol. The van der Waals surface area contributed by atoms with Gasteiger partial charge >= 0.3 is 0 Å². The second kappa shape index (κ2) is 14.0.